The molecule has 1 amide bonds. The third-order valence-electron chi connectivity index (χ3n) is 6.02. The first kappa shape index (κ1) is 22.5. The van der Waals surface area contributed by atoms with E-state index in [1.807, 2.05) is 6.92 Å². The number of morpholine rings is 1. The molecule has 0 bridgehead atoms. The van der Waals surface area contributed by atoms with Gasteiger partial charge in [-0.2, -0.15) is 4.31 Å². The van der Waals surface area contributed by atoms with Crippen LogP contribution in [0.2, 0.25) is 0 Å². The van der Waals surface area contributed by atoms with Crippen LogP contribution >= 0.6 is 11.8 Å². The summed E-state index contributed by atoms with van der Waals surface area (Å²) in [6.07, 6.45) is 4.78. The summed E-state index contributed by atoms with van der Waals surface area (Å²) >= 11 is 1.35. The highest BCUT2D eigenvalue weighted by molar-refractivity contribution is 8.00. The van der Waals surface area contributed by atoms with E-state index in [-0.39, 0.29) is 22.1 Å². The Labute approximate surface area is 178 Å². The van der Waals surface area contributed by atoms with Gasteiger partial charge in [0.1, 0.15) is 4.90 Å². The van der Waals surface area contributed by atoms with Crippen LogP contribution in [-0.2, 0) is 19.6 Å². The zero-order valence-corrected chi connectivity index (χ0v) is 19.0. The van der Waals surface area contributed by atoms with Crippen molar-refractivity contribution in [2.75, 3.05) is 26.3 Å². The summed E-state index contributed by atoms with van der Waals surface area (Å²) in [5, 5.41) is 3.54. The molecule has 29 heavy (non-hydrogen) atoms. The van der Waals surface area contributed by atoms with E-state index in [0.717, 1.165) is 12.8 Å². The summed E-state index contributed by atoms with van der Waals surface area (Å²) in [4.78, 5) is 17.1. The second kappa shape index (κ2) is 9.76. The van der Waals surface area contributed by atoms with Gasteiger partial charge < -0.3 is 10.1 Å². The van der Waals surface area contributed by atoms with Gasteiger partial charge in [0.15, 0.2) is 0 Å². The Kier molecular flexibility index (Phi) is 7.58. The molecule has 4 atom stereocenters. The molecule has 1 saturated carbocycles. The van der Waals surface area contributed by atoms with E-state index >= 15 is 0 Å². The second-order valence-corrected chi connectivity index (χ2v) is 11.3. The van der Waals surface area contributed by atoms with Gasteiger partial charge in [0.25, 0.3) is 0 Å². The average Bonchev–Trinajstić information content (AvgIpc) is 2.72. The van der Waals surface area contributed by atoms with Crippen LogP contribution < -0.4 is 5.32 Å². The van der Waals surface area contributed by atoms with Crippen molar-refractivity contribution in [2.24, 2.45) is 11.8 Å². The summed E-state index contributed by atoms with van der Waals surface area (Å²) in [5.41, 5.74) is 0. The molecule has 1 N–H and O–H groups in total. The normalized spacial score (nSPS) is 27.3. The number of rotatable bonds is 6. The number of carbonyl (C=O) groups excluding carboxylic acids is 1. The van der Waals surface area contributed by atoms with E-state index in [1.165, 1.54) is 28.7 Å². The van der Waals surface area contributed by atoms with Crippen molar-refractivity contribution in [2.45, 2.75) is 61.2 Å². The molecular formula is C20H31N3O4S2. The van der Waals surface area contributed by atoms with E-state index in [4.69, 9.17) is 4.74 Å². The van der Waals surface area contributed by atoms with Crippen molar-refractivity contribution in [3.05, 3.63) is 18.3 Å². The monoisotopic (exact) mass is 441 g/mol. The first-order valence-electron chi connectivity index (χ1n) is 10.3. The number of thioether (sulfide) groups is 1. The zero-order valence-electron chi connectivity index (χ0n) is 17.3. The number of amides is 1. The number of nitrogens with zero attached hydrogens (tertiary/aromatic N) is 2. The smallest absolute Gasteiger partial charge is 0.244 e. The zero-order chi connectivity index (χ0) is 21.0. The number of nitrogens with one attached hydrogen (secondary N) is 1. The van der Waals surface area contributed by atoms with Crippen molar-refractivity contribution in [3.63, 3.8) is 0 Å². The van der Waals surface area contributed by atoms with Crippen LogP contribution in [-0.4, -0.2) is 61.2 Å². The highest BCUT2D eigenvalue weighted by Crippen LogP contribution is 2.30. The Morgan fingerprint density at radius 1 is 1.28 bits per heavy atom. The largest absolute Gasteiger partial charge is 0.379 e. The molecule has 9 heteroatoms. The highest BCUT2D eigenvalue weighted by Gasteiger charge is 2.30. The summed E-state index contributed by atoms with van der Waals surface area (Å²) in [6, 6.07) is 3.46. The number of hydrogen-bond acceptors (Lipinski definition) is 6. The molecule has 1 aliphatic carbocycles. The number of pyridine rings is 1. The Morgan fingerprint density at radius 3 is 2.66 bits per heavy atom. The molecule has 2 heterocycles. The lowest BCUT2D eigenvalue weighted by molar-refractivity contribution is -0.121. The van der Waals surface area contributed by atoms with Gasteiger partial charge >= 0.3 is 0 Å². The van der Waals surface area contributed by atoms with Gasteiger partial charge in [0, 0.05) is 25.3 Å². The molecule has 3 rings (SSSR count). The third-order valence-corrected chi connectivity index (χ3v) is 8.95. The first-order chi connectivity index (χ1) is 13.8. The minimum atomic E-state index is -3.55. The van der Waals surface area contributed by atoms with Gasteiger partial charge in [-0.15, -0.1) is 0 Å². The van der Waals surface area contributed by atoms with Gasteiger partial charge in [0.05, 0.1) is 23.5 Å². The van der Waals surface area contributed by atoms with Crippen molar-refractivity contribution in [1.29, 1.82) is 0 Å². The number of hydrogen-bond donors (Lipinski definition) is 1. The fourth-order valence-corrected chi connectivity index (χ4v) is 6.00. The number of aromatic nitrogens is 1. The minimum absolute atomic E-state index is 0.00719. The standard InChI is InChI=1S/C20H31N3O4S2/c1-14-5-4-6-18(15(14)2)22-20(24)16(3)28-19-8-7-17(13-21-19)29(25,26)23-9-11-27-12-10-23/h7-8,13-16,18H,4-6,9-12H2,1-3H3,(H,22,24)/t14-,15-,16+,18-/m1/s1. The summed E-state index contributed by atoms with van der Waals surface area (Å²) in [5.74, 6) is 1.11. The van der Waals surface area contributed by atoms with Gasteiger partial charge in [-0.25, -0.2) is 13.4 Å². The maximum absolute atomic E-state index is 12.7. The van der Waals surface area contributed by atoms with E-state index < -0.39 is 10.0 Å². The molecule has 1 aliphatic heterocycles. The quantitative estimate of drug-likeness (QED) is 0.683. The maximum atomic E-state index is 12.7. The molecule has 1 saturated heterocycles. The topological polar surface area (TPSA) is 88.6 Å². The number of sulfonamides is 1. The fraction of sp³-hybridized carbons (Fsp3) is 0.700. The molecule has 1 aromatic heterocycles. The SMILES string of the molecule is C[C@@H]1[C@H](C)CCC[C@H]1NC(=O)[C@H](C)Sc1ccc(S(=O)(=O)N2CCOCC2)cn1. The molecule has 0 aromatic carbocycles. The fourth-order valence-electron chi connectivity index (χ4n) is 3.85. The molecule has 1 aromatic rings. The molecule has 0 radical (unpaired) electrons. The Balaban J connectivity index is 1.58. The van der Waals surface area contributed by atoms with Crippen molar-refractivity contribution in [1.82, 2.24) is 14.6 Å². The van der Waals surface area contributed by atoms with Gasteiger partial charge in [-0.05, 0) is 37.3 Å². The van der Waals surface area contributed by atoms with Crippen molar-refractivity contribution < 1.29 is 17.9 Å². The van der Waals surface area contributed by atoms with E-state index in [9.17, 15) is 13.2 Å². The predicted molar refractivity (Wildman–Crippen MR) is 113 cm³/mol. The molecule has 162 valence electrons. The van der Waals surface area contributed by atoms with E-state index in [0.29, 0.717) is 43.2 Å². The van der Waals surface area contributed by atoms with E-state index in [1.54, 1.807) is 12.1 Å². The lowest BCUT2D eigenvalue weighted by atomic mass is 9.78. The molecule has 2 aliphatic rings. The van der Waals surface area contributed by atoms with Gasteiger partial charge in [-0.1, -0.05) is 38.5 Å². The minimum Gasteiger partial charge on any atom is -0.379 e. The van der Waals surface area contributed by atoms with Crippen LogP contribution in [0.3, 0.4) is 0 Å². The van der Waals surface area contributed by atoms with Crippen LogP contribution in [0.1, 0.15) is 40.0 Å². The predicted octanol–water partition coefficient (Wildman–Crippen LogP) is 2.52. The van der Waals surface area contributed by atoms with Crippen LogP contribution in [0.15, 0.2) is 28.3 Å². The van der Waals surface area contributed by atoms with E-state index in [2.05, 4.69) is 24.1 Å². The number of ether oxygens (including phenoxy) is 1. The lowest BCUT2D eigenvalue weighted by Crippen LogP contribution is -2.46. The molecule has 0 unspecified atom stereocenters. The summed E-state index contributed by atoms with van der Waals surface area (Å²) in [7, 11) is -3.55. The summed E-state index contributed by atoms with van der Waals surface area (Å²) < 4.78 is 32.0. The maximum Gasteiger partial charge on any atom is 0.244 e. The highest BCUT2D eigenvalue weighted by atomic mass is 32.2. The van der Waals surface area contributed by atoms with Crippen LogP contribution in [0.5, 0.6) is 0 Å². The average molecular weight is 442 g/mol. The molecule has 2 fully saturated rings. The van der Waals surface area contributed by atoms with Crippen molar-refractivity contribution >= 4 is 27.7 Å². The van der Waals surface area contributed by atoms with Gasteiger partial charge in [-0.3, -0.25) is 4.79 Å². The molecule has 7 nitrogen and oxygen atoms in total. The van der Waals surface area contributed by atoms with Crippen molar-refractivity contribution in [3.8, 4) is 0 Å². The number of carbonyl (C=O) groups is 1. The van der Waals surface area contributed by atoms with Crippen LogP contribution in [0, 0.1) is 11.8 Å². The summed E-state index contributed by atoms with van der Waals surface area (Å²) in [6.45, 7) is 7.84. The Morgan fingerprint density at radius 2 is 2.00 bits per heavy atom. The lowest BCUT2D eigenvalue weighted by Gasteiger charge is -2.35. The Bertz CT molecular complexity index is 794. The second-order valence-electron chi connectivity index (χ2n) is 7.99. The first-order valence-corrected chi connectivity index (χ1v) is 12.6. The molecule has 0 spiro atoms. The van der Waals surface area contributed by atoms with Crippen LogP contribution in [0.4, 0.5) is 0 Å². The molecular weight excluding hydrogens is 410 g/mol. The van der Waals surface area contributed by atoms with Gasteiger partial charge in [0.2, 0.25) is 15.9 Å². The van der Waals surface area contributed by atoms with Crippen LogP contribution in [0.25, 0.3) is 0 Å². The third kappa shape index (κ3) is 5.51. The Hall–Kier alpha value is -1.16.